The second-order valence-corrected chi connectivity index (χ2v) is 4.89. The van der Waals surface area contributed by atoms with Crippen molar-refractivity contribution in [2.45, 2.75) is 4.90 Å². The van der Waals surface area contributed by atoms with E-state index in [1.807, 2.05) is 0 Å². The van der Waals surface area contributed by atoms with Crippen LogP contribution in [-0.2, 0) is 9.73 Å². The molecule has 1 aromatic carbocycles. The molecule has 1 aromatic rings. The largest absolute Gasteiger partial charge is 0.249 e. The van der Waals surface area contributed by atoms with E-state index >= 15 is 0 Å². The Balaban J connectivity index is 3.20. The van der Waals surface area contributed by atoms with E-state index in [-0.39, 0.29) is 0 Å². The molecule has 0 aliphatic rings. The van der Waals surface area contributed by atoms with Gasteiger partial charge in [0.05, 0.1) is 9.73 Å². The third kappa shape index (κ3) is 2.20. The van der Waals surface area contributed by atoms with Gasteiger partial charge in [-0.25, -0.2) is 8.99 Å². The zero-order chi connectivity index (χ0) is 8.48. The molecule has 0 radical (unpaired) electrons. The standard InChI is InChI=1S/C7H8ClNOS/c1-11(9,10)7-4-2-6(8)3-5-7/h2-5,9H,1H3/t11-/m1/s1. The predicted octanol–water partition coefficient (Wildman–Crippen LogP) is 2.38. The van der Waals surface area contributed by atoms with Crippen molar-refractivity contribution in [3.8, 4) is 0 Å². The Morgan fingerprint density at radius 1 is 1.36 bits per heavy atom. The average molecular weight is 190 g/mol. The smallest absolute Gasteiger partial charge is 0.0696 e. The van der Waals surface area contributed by atoms with Gasteiger partial charge in [0, 0.05) is 16.2 Å². The van der Waals surface area contributed by atoms with Crippen molar-refractivity contribution in [3.05, 3.63) is 29.3 Å². The van der Waals surface area contributed by atoms with Gasteiger partial charge in [0.2, 0.25) is 0 Å². The Hall–Kier alpha value is -0.540. The fraction of sp³-hybridized carbons (Fsp3) is 0.143. The summed E-state index contributed by atoms with van der Waals surface area (Å²) in [6.45, 7) is 0. The molecule has 0 aliphatic heterocycles. The highest BCUT2D eigenvalue weighted by molar-refractivity contribution is 7.91. The van der Waals surface area contributed by atoms with Crippen LogP contribution < -0.4 is 0 Å². The van der Waals surface area contributed by atoms with Gasteiger partial charge in [-0.05, 0) is 24.3 Å². The number of hydrogen-bond donors (Lipinski definition) is 1. The van der Waals surface area contributed by atoms with Crippen LogP contribution in [0.5, 0.6) is 0 Å². The van der Waals surface area contributed by atoms with Crippen molar-refractivity contribution < 1.29 is 4.21 Å². The summed E-state index contributed by atoms with van der Waals surface area (Å²) in [6.07, 6.45) is 1.39. The monoisotopic (exact) mass is 189 g/mol. The van der Waals surface area contributed by atoms with Crippen LogP contribution in [0.1, 0.15) is 0 Å². The topological polar surface area (TPSA) is 40.9 Å². The van der Waals surface area contributed by atoms with Crippen molar-refractivity contribution in [2.24, 2.45) is 0 Å². The molecule has 0 heterocycles. The molecule has 1 rings (SSSR count). The lowest BCUT2D eigenvalue weighted by Gasteiger charge is -1.98. The normalized spacial score (nSPS) is 15.8. The summed E-state index contributed by atoms with van der Waals surface area (Å²) in [5.41, 5.74) is 0. The van der Waals surface area contributed by atoms with Crippen molar-refractivity contribution in [1.82, 2.24) is 0 Å². The third-order valence-electron chi connectivity index (χ3n) is 1.26. The van der Waals surface area contributed by atoms with Gasteiger partial charge in [-0.1, -0.05) is 11.6 Å². The fourth-order valence-corrected chi connectivity index (χ4v) is 1.48. The summed E-state index contributed by atoms with van der Waals surface area (Å²) in [5.74, 6) is 0. The fourth-order valence-electron chi connectivity index (χ4n) is 0.694. The van der Waals surface area contributed by atoms with Gasteiger partial charge >= 0.3 is 0 Å². The highest BCUT2D eigenvalue weighted by atomic mass is 35.5. The van der Waals surface area contributed by atoms with E-state index in [9.17, 15) is 4.21 Å². The summed E-state index contributed by atoms with van der Waals surface area (Å²) < 4.78 is 18.4. The van der Waals surface area contributed by atoms with E-state index < -0.39 is 9.73 Å². The molecular weight excluding hydrogens is 182 g/mol. The summed E-state index contributed by atoms with van der Waals surface area (Å²) in [5, 5.41) is 0.595. The van der Waals surface area contributed by atoms with Gasteiger partial charge in [0.15, 0.2) is 0 Å². The summed E-state index contributed by atoms with van der Waals surface area (Å²) >= 11 is 5.61. The summed E-state index contributed by atoms with van der Waals surface area (Å²) in [6, 6.07) is 6.48. The van der Waals surface area contributed by atoms with Crippen LogP contribution in [0.25, 0.3) is 0 Å². The van der Waals surface area contributed by atoms with Crippen molar-refractivity contribution >= 4 is 21.3 Å². The molecule has 4 heteroatoms. The number of benzene rings is 1. The summed E-state index contributed by atoms with van der Waals surface area (Å²) in [7, 11) is -2.58. The van der Waals surface area contributed by atoms with Crippen LogP contribution in [0.15, 0.2) is 29.2 Å². The molecule has 0 saturated heterocycles. The van der Waals surface area contributed by atoms with Gasteiger partial charge in [-0.2, -0.15) is 0 Å². The van der Waals surface area contributed by atoms with Gasteiger partial charge < -0.3 is 0 Å². The first-order chi connectivity index (χ1) is 5.00. The Bertz CT molecular complexity index is 341. The molecule has 1 atom stereocenters. The minimum atomic E-state index is -2.58. The van der Waals surface area contributed by atoms with Gasteiger partial charge in [-0.3, -0.25) is 0 Å². The zero-order valence-electron chi connectivity index (χ0n) is 6.00. The maximum atomic E-state index is 11.1. The van der Waals surface area contributed by atoms with E-state index in [1.54, 1.807) is 24.3 Å². The van der Waals surface area contributed by atoms with Crippen LogP contribution in [0.3, 0.4) is 0 Å². The molecule has 0 amide bonds. The SMILES string of the molecule is C[S@@](=N)(=O)c1ccc(Cl)cc1. The lowest BCUT2D eigenvalue weighted by atomic mass is 10.4. The quantitative estimate of drug-likeness (QED) is 0.724. The highest BCUT2D eigenvalue weighted by Crippen LogP contribution is 2.13. The number of halogens is 1. The molecule has 0 fully saturated rings. The highest BCUT2D eigenvalue weighted by Gasteiger charge is 2.00. The molecule has 0 bridgehead atoms. The zero-order valence-corrected chi connectivity index (χ0v) is 7.58. The molecule has 1 N–H and O–H groups in total. The first kappa shape index (κ1) is 8.56. The Labute approximate surface area is 71.2 Å². The second-order valence-electron chi connectivity index (χ2n) is 2.30. The van der Waals surface area contributed by atoms with Crippen molar-refractivity contribution in [1.29, 1.82) is 4.78 Å². The molecule has 0 aromatic heterocycles. The maximum Gasteiger partial charge on any atom is 0.0696 e. The number of rotatable bonds is 1. The van der Waals surface area contributed by atoms with E-state index in [2.05, 4.69) is 0 Å². The minimum Gasteiger partial charge on any atom is -0.249 e. The molecule has 0 unspecified atom stereocenters. The average Bonchev–Trinajstić information content (AvgIpc) is 1.86. The van der Waals surface area contributed by atoms with Gasteiger partial charge in [0.25, 0.3) is 0 Å². The Kier molecular flexibility index (Phi) is 2.20. The van der Waals surface area contributed by atoms with Crippen LogP contribution in [-0.4, -0.2) is 10.5 Å². The first-order valence-corrected chi connectivity index (χ1v) is 5.34. The van der Waals surface area contributed by atoms with Crippen LogP contribution in [0, 0.1) is 4.78 Å². The lowest BCUT2D eigenvalue weighted by Crippen LogP contribution is -1.93. The maximum absolute atomic E-state index is 11.1. The number of nitrogens with one attached hydrogen (secondary N) is 1. The summed E-state index contributed by atoms with van der Waals surface area (Å²) in [4.78, 5) is 0.516. The molecular formula is C7H8ClNOS. The lowest BCUT2D eigenvalue weighted by molar-refractivity contribution is 0.679. The van der Waals surface area contributed by atoms with E-state index in [0.29, 0.717) is 9.92 Å². The minimum absolute atomic E-state index is 0.516. The molecule has 60 valence electrons. The van der Waals surface area contributed by atoms with Gasteiger partial charge in [0.1, 0.15) is 0 Å². The second kappa shape index (κ2) is 2.83. The van der Waals surface area contributed by atoms with Crippen molar-refractivity contribution in [3.63, 3.8) is 0 Å². The molecule has 0 aliphatic carbocycles. The predicted molar refractivity (Wildman–Crippen MR) is 46.5 cm³/mol. The van der Waals surface area contributed by atoms with Crippen LogP contribution in [0.4, 0.5) is 0 Å². The molecule has 2 nitrogen and oxygen atoms in total. The van der Waals surface area contributed by atoms with Crippen LogP contribution >= 0.6 is 11.6 Å². The Morgan fingerprint density at radius 2 is 1.82 bits per heavy atom. The van der Waals surface area contributed by atoms with E-state index in [4.69, 9.17) is 16.4 Å². The number of hydrogen-bond acceptors (Lipinski definition) is 2. The molecule has 11 heavy (non-hydrogen) atoms. The first-order valence-electron chi connectivity index (χ1n) is 2.99. The van der Waals surface area contributed by atoms with Crippen LogP contribution in [0.2, 0.25) is 5.02 Å². The molecule has 0 spiro atoms. The van der Waals surface area contributed by atoms with Gasteiger partial charge in [-0.15, -0.1) is 0 Å². The van der Waals surface area contributed by atoms with Crippen molar-refractivity contribution in [2.75, 3.05) is 6.26 Å². The van der Waals surface area contributed by atoms with E-state index in [0.717, 1.165) is 0 Å². The van der Waals surface area contributed by atoms with E-state index in [1.165, 1.54) is 6.26 Å². The molecule has 0 saturated carbocycles. The third-order valence-corrected chi connectivity index (χ3v) is 2.69. The Morgan fingerprint density at radius 3 is 2.18 bits per heavy atom.